The number of nitrogens with zero attached hydrogens (tertiary/aromatic N) is 2. The Morgan fingerprint density at radius 3 is 3.05 bits per heavy atom. The van der Waals surface area contributed by atoms with Gasteiger partial charge in [-0.05, 0) is 12.8 Å². The van der Waals surface area contributed by atoms with Crippen molar-refractivity contribution in [1.29, 1.82) is 0 Å². The zero-order valence-corrected chi connectivity index (χ0v) is 11.2. The number of thioether (sulfide) groups is 1. The third-order valence-corrected chi connectivity index (χ3v) is 4.69. The van der Waals surface area contributed by atoms with Crippen LogP contribution in [0.5, 0.6) is 0 Å². The van der Waals surface area contributed by atoms with Crippen molar-refractivity contribution in [2.24, 2.45) is 5.41 Å². The molecule has 0 unspecified atom stereocenters. The molecule has 1 aliphatic carbocycles. The van der Waals surface area contributed by atoms with Gasteiger partial charge in [0.25, 0.3) is 11.5 Å². The summed E-state index contributed by atoms with van der Waals surface area (Å²) in [6, 6.07) is 0. The second-order valence-corrected chi connectivity index (χ2v) is 6.16. The average molecular weight is 281 g/mol. The molecule has 0 spiro atoms. The van der Waals surface area contributed by atoms with Gasteiger partial charge in [-0.25, -0.2) is 4.98 Å². The monoisotopic (exact) mass is 281 g/mol. The fourth-order valence-electron chi connectivity index (χ4n) is 2.10. The third-order valence-electron chi connectivity index (χ3n) is 3.72. The van der Waals surface area contributed by atoms with Gasteiger partial charge in [0.1, 0.15) is 5.56 Å². The molecular formula is C12H15N3O3S. The maximum Gasteiger partial charge on any atom is 0.267 e. The van der Waals surface area contributed by atoms with E-state index >= 15 is 0 Å². The molecule has 1 aliphatic heterocycles. The summed E-state index contributed by atoms with van der Waals surface area (Å²) in [4.78, 5) is 28.3. The summed E-state index contributed by atoms with van der Waals surface area (Å²) < 4.78 is 1.54. The number of amides is 1. The van der Waals surface area contributed by atoms with Crippen LogP contribution in [0.3, 0.4) is 0 Å². The second-order valence-electron chi connectivity index (χ2n) is 5.10. The van der Waals surface area contributed by atoms with Crippen molar-refractivity contribution >= 4 is 17.7 Å². The van der Waals surface area contributed by atoms with Crippen LogP contribution in [0.4, 0.5) is 0 Å². The molecule has 0 radical (unpaired) electrons. The lowest BCUT2D eigenvalue weighted by Crippen LogP contribution is -2.37. The number of carbonyl (C=O) groups excluding carboxylic acids is 1. The van der Waals surface area contributed by atoms with Crippen LogP contribution in [0.2, 0.25) is 0 Å². The molecule has 102 valence electrons. The molecule has 2 N–H and O–H groups in total. The predicted octanol–water partition coefficient (Wildman–Crippen LogP) is -0.149. The molecule has 0 aromatic carbocycles. The molecule has 0 bridgehead atoms. The van der Waals surface area contributed by atoms with Crippen molar-refractivity contribution in [1.82, 2.24) is 14.9 Å². The Morgan fingerprint density at radius 2 is 2.37 bits per heavy atom. The van der Waals surface area contributed by atoms with Crippen LogP contribution >= 0.6 is 11.8 Å². The van der Waals surface area contributed by atoms with Crippen LogP contribution < -0.4 is 10.9 Å². The molecule has 0 atom stereocenters. The highest BCUT2D eigenvalue weighted by atomic mass is 32.2. The topological polar surface area (TPSA) is 84.2 Å². The molecular weight excluding hydrogens is 266 g/mol. The van der Waals surface area contributed by atoms with Crippen LogP contribution in [0.15, 0.2) is 16.1 Å². The Bertz CT molecular complexity index is 580. The lowest BCUT2D eigenvalue weighted by molar-refractivity contribution is 0.0932. The van der Waals surface area contributed by atoms with Crippen molar-refractivity contribution in [3.63, 3.8) is 0 Å². The number of nitrogens with one attached hydrogen (secondary N) is 1. The molecule has 0 saturated heterocycles. The normalized spacial score (nSPS) is 19.0. The van der Waals surface area contributed by atoms with E-state index in [0.29, 0.717) is 18.2 Å². The SMILES string of the molecule is O=C(NCC1(CO)CC1)c1cnc2n(c1=O)CCS2. The minimum Gasteiger partial charge on any atom is -0.396 e. The van der Waals surface area contributed by atoms with Gasteiger partial charge in [0.15, 0.2) is 5.16 Å². The molecule has 1 saturated carbocycles. The number of hydrogen-bond donors (Lipinski definition) is 2. The summed E-state index contributed by atoms with van der Waals surface area (Å²) >= 11 is 1.52. The van der Waals surface area contributed by atoms with Crippen LogP contribution in [0, 0.1) is 5.41 Å². The first-order chi connectivity index (χ1) is 9.15. The van der Waals surface area contributed by atoms with Gasteiger partial charge in [0, 0.05) is 30.5 Å². The van der Waals surface area contributed by atoms with Gasteiger partial charge in [-0.1, -0.05) is 11.8 Å². The van der Waals surface area contributed by atoms with Gasteiger partial charge in [0.05, 0.1) is 6.61 Å². The Hall–Kier alpha value is -1.34. The smallest absolute Gasteiger partial charge is 0.267 e. The average Bonchev–Trinajstić information content (AvgIpc) is 3.04. The molecule has 3 rings (SSSR count). The standard InChI is InChI=1S/C12H15N3O3S/c16-7-12(1-2-12)6-14-9(17)8-5-13-11-15(10(8)18)3-4-19-11/h5,16H,1-4,6-7H2,(H,14,17). The molecule has 1 aromatic rings. The number of fused-ring (bicyclic) bond motifs is 1. The number of aliphatic hydroxyl groups excluding tert-OH is 1. The molecule has 2 heterocycles. The Kier molecular flexibility index (Phi) is 3.10. The Labute approximate surface area is 114 Å². The van der Waals surface area contributed by atoms with Crippen molar-refractivity contribution in [2.75, 3.05) is 18.9 Å². The first-order valence-corrected chi connectivity index (χ1v) is 7.25. The van der Waals surface area contributed by atoms with Gasteiger partial charge in [0.2, 0.25) is 0 Å². The summed E-state index contributed by atoms with van der Waals surface area (Å²) in [6.07, 6.45) is 3.18. The van der Waals surface area contributed by atoms with E-state index in [4.69, 9.17) is 0 Å². The van der Waals surface area contributed by atoms with Crippen LogP contribution in [-0.2, 0) is 6.54 Å². The number of aromatic nitrogens is 2. The minimum atomic E-state index is -0.399. The fourth-order valence-corrected chi connectivity index (χ4v) is 3.02. The second kappa shape index (κ2) is 4.64. The van der Waals surface area contributed by atoms with E-state index in [-0.39, 0.29) is 23.1 Å². The van der Waals surface area contributed by atoms with Crippen LogP contribution in [0.1, 0.15) is 23.2 Å². The summed E-state index contributed by atoms with van der Waals surface area (Å²) in [7, 11) is 0. The Balaban J connectivity index is 1.75. The van der Waals surface area contributed by atoms with E-state index in [1.165, 1.54) is 18.0 Å². The van der Waals surface area contributed by atoms with Gasteiger partial charge in [-0.3, -0.25) is 14.2 Å². The predicted molar refractivity (Wildman–Crippen MR) is 70.3 cm³/mol. The summed E-state index contributed by atoms with van der Waals surface area (Å²) in [5.74, 6) is 0.422. The number of carbonyl (C=O) groups is 1. The summed E-state index contributed by atoms with van der Waals surface area (Å²) in [5.41, 5.74) is -0.354. The van der Waals surface area contributed by atoms with Crippen molar-refractivity contribution < 1.29 is 9.90 Å². The highest BCUT2D eigenvalue weighted by Crippen LogP contribution is 2.44. The van der Waals surface area contributed by atoms with Gasteiger partial charge in [-0.15, -0.1) is 0 Å². The molecule has 2 aliphatic rings. The van der Waals surface area contributed by atoms with E-state index in [2.05, 4.69) is 10.3 Å². The number of aliphatic hydroxyl groups is 1. The number of hydrogen-bond acceptors (Lipinski definition) is 5. The molecule has 1 fully saturated rings. The zero-order chi connectivity index (χ0) is 13.5. The van der Waals surface area contributed by atoms with Crippen molar-refractivity contribution in [2.45, 2.75) is 24.5 Å². The maximum absolute atomic E-state index is 12.1. The fraction of sp³-hybridized carbons (Fsp3) is 0.583. The largest absolute Gasteiger partial charge is 0.396 e. The van der Waals surface area contributed by atoms with Gasteiger partial charge < -0.3 is 10.4 Å². The van der Waals surface area contributed by atoms with Crippen molar-refractivity contribution in [3.8, 4) is 0 Å². The highest BCUT2D eigenvalue weighted by molar-refractivity contribution is 7.99. The van der Waals surface area contributed by atoms with Crippen LogP contribution in [0.25, 0.3) is 0 Å². The number of rotatable bonds is 4. The van der Waals surface area contributed by atoms with E-state index in [1.807, 2.05) is 0 Å². The van der Waals surface area contributed by atoms with Gasteiger partial charge in [-0.2, -0.15) is 0 Å². The molecule has 19 heavy (non-hydrogen) atoms. The third kappa shape index (κ3) is 2.28. The molecule has 7 heteroatoms. The lowest BCUT2D eigenvalue weighted by Gasteiger charge is -2.12. The Morgan fingerprint density at radius 1 is 1.58 bits per heavy atom. The van der Waals surface area contributed by atoms with E-state index in [1.54, 1.807) is 4.57 Å². The first kappa shape index (κ1) is 12.7. The summed E-state index contributed by atoms with van der Waals surface area (Å²) in [5, 5.41) is 12.6. The first-order valence-electron chi connectivity index (χ1n) is 6.27. The maximum atomic E-state index is 12.1. The quantitative estimate of drug-likeness (QED) is 0.750. The molecule has 6 nitrogen and oxygen atoms in total. The zero-order valence-electron chi connectivity index (χ0n) is 10.4. The summed E-state index contributed by atoms with van der Waals surface area (Å²) in [6.45, 7) is 1.09. The van der Waals surface area contributed by atoms with E-state index in [9.17, 15) is 14.7 Å². The van der Waals surface area contributed by atoms with E-state index < -0.39 is 5.91 Å². The van der Waals surface area contributed by atoms with Crippen molar-refractivity contribution in [3.05, 3.63) is 22.1 Å². The van der Waals surface area contributed by atoms with Crippen LogP contribution in [-0.4, -0.2) is 39.5 Å². The van der Waals surface area contributed by atoms with E-state index in [0.717, 1.165) is 18.6 Å². The lowest BCUT2D eigenvalue weighted by atomic mass is 10.1. The minimum absolute atomic E-state index is 0.0747. The molecule has 1 aromatic heterocycles. The molecule has 1 amide bonds. The van der Waals surface area contributed by atoms with Gasteiger partial charge >= 0.3 is 0 Å². The highest BCUT2D eigenvalue weighted by Gasteiger charge is 2.42.